The molecule has 168 valence electrons. The van der Waals surface area contributed by atoms with E-state index >= 15 is 0 Å². The fourth-order valence-electron chi connectivity index (χ4n) is 3.85. The number of nitrogens with zero attached hydrogens (tertiary/aromatic N) is 5. The number of aromatic nitrogens is 4. The van der Waals surface area contributed by atoms with E-state index in [2.05, 4.69) is 22.1 Å². The lowest BCUT2D eigenvalue weighted by Crippen LogP contribution is -2.41. The highest BCUT2D eigenvalue weighted by Crippen LogP contribution is 2.24. The van der Waals surface area contributed by atoms with Gasteiger partial charge >= 0.3 is 5.69 Å². The Kier molecular flexibility index (Phi) is 6.99. The second-order valence-corrected chi connectivity index (χ2v) is 8.34. The molecule has 1 aliphatic rings. The molecular formula is C23H26ClN5O3. The number of aryl methyl sites for hydroxylation is 1. The summed E-state index contributed by atoms with van der Waals surface area (Å²) in [5.41, 5.74) is 0.802. The molecule has 3 aromatic rings. The van der Waals surface area contributed by atoms with Crippen LogP contribution in [0.3, 0.4) is 0 Å². The zero-order valence-corrected chi connectivity index (χ0v) is 18.8. The molecule has 0 saturated carbocycles. The number of hydrogen-bond acceptors (Lipinski definition) is 6. The van der Waals surface area contributed by atoms with Crippen molar-refractivity contribution in [2.24, 2.45) is 4.99 Å². The van der Waals surface area contributed by atoms with Crippen molar-refractivity contribution >= 4 is 22.6 Å². The molecule has 0 atom stereocenters. The van der Waals surface area contributed by atoms with Gasteiger partial charge in [-0.25, -0.2) is 9.79 Å². The van der Waals surface area contributed by atoms with E-state index in [4.69, 9.17) is 16.1 Å². The number of benzene rings is 1. The van der Waals surface area contributed by atoms with E-state index in [0.29, 0.717) is 60.6 Å². The van der Waals surface area contributed by atoms with Crippen molar-refractivity contribution < 1.29 is 4.52 Å². The predicted molar refractivity (Wildman–Crippen MR) is 124 cm³/mol. The highest BCUT2D eigenvalue weighted by Gasteiger charge is 2.24. The Morgan fingerprint density at radius 2 is 1.78 bits per heavy atom. The Morgan fingerprint density at radius 1 is 1.03 bits per heavy atom. The summed E-state index contributed by atoms with van der Waals surface area (Å²) >= 11 is 6.09. The van der Waals surface area contributed by atoms with E-state index in [1.165, 1.54) is 4.57 Å². The topological polar surface area (TPSA) is 95.3 Å². The Labute approximate surface area is 190 Å². The average molecular weight is 456 g/mol. The molecule has 0 N–H and O–H groups in total. The van der Waals surface area contributed by atoms with Crippen LogP contribution in [0.4, 0.5) is 5.82 Å². The largest absolute Gasteiger partial charge is 0.339 e. The summed E-state index contributed by atoms with van der Waals surface area (Å²) < 4.78 is 8.26. The standard InChI is InChI=1S/C23H26ClN5O3/c1-2-3-8-13-28-21-17(15-18(24)25-21)22(30)29(23(28)31)14-9-7-12-19-26-20(27-32-19)16-10-5-4-6-11-16/h4-6,10-11H,2-3,7-9,12-15H2,1H3. The van der Waals surface area contributed by atoms with Crippen LogP contribution in [-0.2, 0) is 25.9 Å². The lowest BCUT2D eigenvalue weighted by Gasteiger charge is -2.14. The average Bonchev–Trinajstić information content (AvgIpc) is 3.43. The maximum absolute atomic E-state index is 13.0. The number of fused-ring (bicyclic) bond motifs is 1. The van der Waals surface area contributed by atoms with E-state index in [1.54, 1.807) is 4.57 Å². The van der Waals surface area contributed by atoms with E-state index < -0.39 is 0 Å². The normalized spacial score (nSPS) is 12.8. The highest BCUT2D eigenvalue weighted by atomic mass is 35.5. The number of hydrogen-bond donors (Lipinski definition) is 0. The highest BCUT2D eigenvalue weighted by molar-refractivity contribution is 6.66. The van der Waals surface area contributed by atoms with E-state index in [-0.39, 0.29) is 17.7 Å². The molecule has 4 rings (SSSR count). The van der Waals surface area contributed by atoms with E-state index in [1.807, 2.05) is 30.3 Å². The van der Waals surface area contributed by atoms with E-state index in [0.717, 1.165) is 24.8 Å². The van der Waals surface area contributed by atoms with Crippen LogP contribution in [0.1, 0.15) is 50.5 Å². The molecule has 1 aromatic carbocycles. The minimum Gasteiger partial charge on any atom is -0.339 e. The third-order valence-corrected chi connectivity index (χ3v) is 5.77. The van der Waals surface area contributed by atoms with Gasteiger partial charge in [-0.3, -0.25) is 13.9 Å². The quantitative estimate of drug-likeness (QED) is 0.429. The van der Waals surface area contributed by atoms with Gasteiger partial charge in [0.05, 0.1) is 5.56 Å². The van der Waals surface area contributed by atoms with Crippen LogP contribution in [-0.4, -0.2) is 24.4 Å². The Hall–Kier alpha value is -3.00. The van der Waals surface area contributed by atoms with Gasteiger partial charge in [0, 0.05) is 31.5 Å². The maximum atomic E-state index is 13.0. The summed E-state index contributed by atoms with van der Waals surface area (Å²) in [5, 5.41) is 4.38. The smallest absolute Gasteiger partial charge is 0.332 e. The van der Waals surface area contributed by atoms with Crippen LogP contribution in [0.15, 0.2) is 49.4 Å². The Balaban J connectivity index is 1.43. The first-order valence-corrected chi connectivity index (χ1v) is 11.4. The summed E-state index contributed by atoms with van der Waals surface area (Å²) in [6, 6.07) is 9.63. The van der Waals surface area contributed by atoms with Crippen LogP contribution in [0.5, 0.6) is 0 Å². The second-order valence-electron chi connectivity index (χ2n) is 7.90. The molecule has 0 fully saturated rings. The maximum Gasteiger partial charge on any atom is 0.332 e. The third kappa shape index (κ3) is 4.75. The monoisotopic (exact) mass is 455 g/mol. The van der Waals surface area contributed by atoms with Gasteiger partial charge in [0.2, 0.25) is 11.7 Å². The molecule has 0 bridgehead atoms. The van der Waals surface area contributed by atoms with Crippen LogP contribution in [0.2, 0.25) is 0 Å². The fraction of sp³-hybridized carbons (Fsp3) is 0.435. The predicted octanol–water partition coefficient (Wildman–Crippen LogP) is 4.10. The zero-order chi connectivity index (χ0) is 22.5. The minimum atomic E-state index is -0.316. The number of unbranched alkanes of at least 4 members (excludes halogenated alkanes) is 3. The lowest BCUT2D eigenvalue weighted by atomic mass is 10.2. The number of rotatable bonds is 10. The van der Waals surface area contributed by atoms with Crippen molar-refractivity contribution in [3.05, 3.63) is 62.6 Å². The third-order valence-electron chi connectivity index (χ3n) is 5.55. The van der Waals surface area contributed by atoms with Gasteiger partial charge in [-0.05, 0) is 19.3 Å². The summed E-state index contributed by atoms with van der Waals surface area (Å²) in [6.07, 6.45) is 5.13. The van der Waals surface area contributed by atoms with Gasteiger partial charge in [0.1, 0.15) is 11.0 Å². The van der Waals surface area contributed by atoms with Gasteiger partial charge in [-0.2, -0.15) is 4.98 Å². The molecule has 1 aliphatic heterocycles. The molecule has 2 aromatic heterocycles. The van der Waals surface area contributed by atoms with Gasteiger partial charge in [-0.1, -0.05) is 66.9 Å². The van der Waals surface area contributed by atoms with Crippen LogP contribution in [0.25, 0.3) is 11.4 Å². The molecule has 32 heavy (non-hydrogen) atoms. The van der Waals surface area contributed by atoms with Crippen molar-refractivity contribution in [3.8, 4) is 11.4 Å². The summed E-state index contributed by atoms with van der Waals surface area (Å²) in [5.74, 6) is 1.53. The van der Waals surface area contributed by atoms with Crippen LogP contribution in [0, 0.1) is 0 Å². The lowest BCUT2D eigenvalue weighted by molar-refractivity contribution is 0.372. The molecule has 0 radical (unpaired) electrons. The molecule has 9 heteroatoms. The van der Waals surface area contributed by atoms with Gasteiger partial charge in [0.15, 0.2) is 0 Å². The van der Waals surface area contributed by atoms with Crippen molar-refractivity contribution in [3.63, 3.8) is 0 Å². The molecule has 0 unspecified atom stereocenters. The first-order valence-electron chi connectivity index (χ1n) is 11.1. The summed E-state index contributed by atoms with van der Waals surface area (Å²) in [7, 11) is 0. The first kappa shape index (κ1) is 22.2. The minimum absolute atomic E-state index is 0.286. The number of aliphatic imine (C=N–C) groups is 1. The summed E-state index contributed by atoms with van der Waals surface area (Å²) in [4.78, 5) is 34.6. The van der Waals surface area contributed by atoms with Gasteiger partial charge in [0.25, 0.3) is 5.56 Å². The summed E-state index contributed by atoms with van der Waals surface area (Å²) in [6.45, 7) is 2.97. The van der Waals surface area contributed by atoms with Gasteiger partial charge < -0.3 is 4.52 Å². The van der Waals surface area contributed by atoms with E-state index in [9.17, 15) is 9.59 Å². The number of halogens is 1. The molecule has 0 aliphatic carbocycles. The fourth-order valence-corrected chi connectivity index (χ4v) is 4.07. The van der Waals surface area contributed by atoms with Crippen molar-refractivity contribution in [2.75, 3.05) is 0 Å². The molecule has 8 nitrogen and oxygen atoms in total. The SMILES string of the molecule is CCCCCn1c2c(c(=O)n(CCCCc3nc(-c4ccccc4)no3)c1=O)CC(Cl)=N2. The van der Waals surface area contributed by atoms with Crippen molar-refractivity contribution in [1.82, 2.24) is 19.3 Å². The molecule has 0 spiro atoms. The first-order chi connectivity index (χ1) is 15.6. The molecule has 0 amide bonds. The van der Waals surface area contributed by atoms with Crippen LogP contribution >= 0.6 is 11.6 Å². The Morgan fingerprint density at radius 3 is 2.56 bits per heavy atom. The molecule has 3 heterocycles. The zero-order valence-electron chi connectivity index (χ0n) is 18.1. The van der Waals surface area contributed by atoms with Crippen LogP contribution < -0.4 is 11.2 Å². The Bertz CT molecular complexity index is 1230. The van der Waals surface area contributed by atoms with Crippen molar-refractivity contribution in [2.45, 2.75) is 65.0 Å². The molecule has 0 saturated heterocycles. The molecular weight excluding hydrogens is 430 g/mol. The second kappa shape index (κ2) is 10.1. The van der Waals surface area contributed by atoms with Gasteiger partial charge in [-0.15, -0.1) is 0 Å². The van der Waals surface area contributed by atoms with Crippen molar-refractivity contribution in [1.29, 1.82) is 0 Å².